The van der Waals surface area contributed by atoms with Crippen LogP contribution in [0.25, 0.3) is 5.69 Å². The van der Waals surface area contributed by atoms with Crippen LogP contribution >= 0.6 is 11.8 Å². The maximum Gasteiger partial charge on any atom is 0.237 e. The van der Waals surface area contributed by atoms with Gasteiger partial charge in [0.1, 0.15) is 5.82 Å². The van der Waals surface area contributed by atoms with E-state index in [-0.39, 0.29) is 17.5 Å². The number of carbonyl (C=O) groups excluding carboxylic acids is 2. The van der Waals surface area contributed by atoms with Crippen LogP contribution in [0.2, 0.25) is 0 Å². The van der Waals surface area contributed by atoms with Crippen molar-refractivity contribution < 1.29 is 14.0 Å². The van der Waals surface area contributed by atoms with Crippen molar-refractivity contribution in [1.29, 1.82) is 0 Å². The minimum absolute atomic E-state index is 0.0642. The monoisotopic (exact) mass is 383 g/mol. The van der Waals surface area contributed by atoms with Gasteiger partial charge in [-0.3, -0.25) is 14.2 Å². The number of hydrogen-bond acceptors (Lipinski definition) is 4. The Morgan fingerprint density at radius 3 is 2.70 bits per heavy atom. The highest BCUT2D eigenvalue weighted by molar-refractivity contribution is 8.00. The van der Waals surface area contributed by atoms with Crippen molar-refractivity contribution in [3.05, 3.63) is 72.3 Å². The number of thioether (sulfide) groups is 1. The third-order valence-electron chi connectivity index (χ3n) is 3.88. The van der Waals surface area contributed by atoms with Crippen LogP contribution in [0.4, 0.5) is 10.1 Å². The summed E-state index contributed by atoms with van der Waals surface area (Å²) in [6.45, 7) is 3.24. The lowest BCUT2D eigenvalue weighted by atomic mass is 10.1. The van der Waals surface area contributed by atoms with Gasteiger partial charge in [0.15, 0.2) is 10.9 Å². The number of hydrogen-bond donors (Lipinski definition) is 1. The van der Waals surface area contributed by atoms with E-state index < -0.39 is 5.25 Å². The predicted octanol–water partition coefficient (Wildman–Crippen LogP) is 4.33. The second kappa shape index (κ2) is 8.18. The fourth-order valence-corrected chi connectivity index (χ4v) is 3.35. The Kier molecular flexibility index (Phi) is 5.71. The number of rotatable bonds is 6. The molecule has 0 saturated carbocycles. The molecule has 3 aromatic rings. The molecule has 1 amide bonds. The molecule has 3 rings (SSSR count). The number of imidazole rings is 1. The topological polar surface area (TPSA) is 64.0 Å². The van der Waals surface area contributed by atoms with E-state index in [9.17, 15) is 14.0 Å². The Balaban J connectivity index is 1.72. The van der Waals surface area contributed by atoms with Gasteiger partial charge in [0.2, 0.25) is 5.91 Å². The van der Waals surface area contributed by atoms with E-state index in [4.69, 9.17) is 0 Å². The zero-order valence-corrected chi connectivity index (χ0v) is 15.7. The lowest BCUT2D eigenvalue weighted by Crippen LogP contribution is -2.23. The van der Waals surface area contributed by atoms with E-state index in [0.29, 0.717) is 22.1 Å². The van der Waals surface area contributed by atoms with Crippen LogP contribution < -0.4 is 5.32 Å². The predicted molar refractivity (Wildman–Crippen MR) is 104 cm³/mol. The van der Waals surface area contributed by atoms with Crippen molar-refractivity contribution in [2.75, 3.05) is 5.32 Å². The van der Waals surface area contributed by atoms with Crippen LogP contribution in [0.1, 0.15) is 24.2 Å². The molecule has 1 unspecified atom stereocenters. The van der Waals surface area contributed by atoms with Gasteiger partial charge in [-0.15, -0.1) is 0 Å². The molecule has 7 heteroatoms. The van der Waals surface area contributed by atoms with Gasteiger partial charge in [-0.2, -0.15) is 0 Å². The SMILES string of the molecule is CC(=O)c1cccc(NC(=O)C(C)Sc2nccn2-c2cccc(F)c2)c1. The van der Waals surface area contributed by atoms with Crippen LogP contribution in [-0.4, -0.2) is 26.5 Å². The van der Waals surface area contributed by atoms with Crippen molar-refractivity contribution >= 4 is 29.1 Å². The maximum atomic E-state index is 13.5. The molecule has 27 heavy (non-hydrogen) atoms. The van der Waals surface area contributed by atoms with Crippen LogP contribution in [-0.2, 0) is 4.79 Å². The molecule has 0 aliphatic carbocycles. The van der Waals surface area contributed by atoms with Crippen molar-refractivity contribution in [1.82, 2.24) is 9.55 Å². The minimum atomic E-state index is -0.444. The number of ketones is 1. The number of benzene rings is 2. The number of nitrogens with one attached hydrogen (secondary N) is 1. The summed E-state index contributed by atoms with van der Waals surface area (Å²) in [4.78, 5) is 28.2. The maximum absolute atomic E-state index is 13.5. The second-order valence-electron chi connectivity index (χ2n) is 5.95. The molecule has 0 aliphatic rings. The molecule has 0 fully saturated rings. The van der Waals surface area contributed by atoms with Crippen LogP contribution in [0, 0.1) is 5.82 Å². The molecule has 1 aromatic heterocycles. The largest absolute Gasteiger partial charge is 0.325 e. The molecule has 2 aromatic carbocycles. The summed E-state index contributed by atoms with van der Waals surface area (Å²) < 4.78 is 15.2. The van der Waals surface area contributed by atoms with Crippen molar-refractivity contribution in [3.8, 4) is 5.69 Å². The number of nitrogens with zero attached hydrogens (tertiary/aromatic N) is 2. The van der Waals surface area contributed by atoms with E-state index in [1.807, 2.05) is 0 Å². The lowest BCUT2D eigenvalue weighted by molar-refractivity contribution is -0.115. The molecule has 0 aliphatic heterocycles. The van der Waals surface area contributed by atoms with Crippen LogP contribution in [0.5, 0.6) is 0 Å². The van der Waals surface area contributed by atoms with Gasteiger partial charge >= 0.3 is 0 Å². The van der Waals surface area contributed by atoms with Gasteiger partial charge in [-0.1, -0.05) is 30.0 Å². The first-order valence-corrected chi connectivity index (χ1v) is 9.20. The van der Waals surface area contributed by atoms with E-state index in [1.54, 1.807) is 60.3 Å². The summed E-state index contributed by atoms with van der Waals surface area (Å²) in [5, 5.41) is 2.95. The van der Waals surface area contributed by atoms with E-state index in [1.165, 1.54) is 30.8 Å². The number of halogens is 1. The van der Waals surface area contributed by atoms with E-state index in [2.05, 4.69) is 10.3 Å². The minimum Gasteiger partial charge on any atom is -0.325 e. The molecule has 0 radical (unpaired) electrons. The first kappa shape index (κ1) is 18.8. The highest BCUT2D eigenvalue weighted by Gasteiger charge is 2.18. The standard InChI is InChI=1S/C20H18FN3O2S/c1-13(25)15-5-3-7-17(11-15)23-19(26)14(2)27-20-22-9-10-24(20)18-8-4-6-16(21)12-18/h3-12,14H,1-2H3,(H,23,26). The van der Waals surface area contributed by atoms with Crippen molar-refractivity contribution in [2.24, 2.45) is 0 Å². The van der Waals surface area contributed by atoms with Gasteiger partial charge in [0, 0.05) is 23.6 Å². The average Bonchev–Trinajstić information content (AvgIpc) is 3.10. The molecular weight excluding hydrogens is 365 g/mol. The fourth-order valence-electron chi connectivity index (χ4n) is 2.47. The molecule has 1 heterocycles. The quantitative estimate of drug-likeness (QED) is 0.508. The molecule has 1 atom stereocenters. The van der Waals surface area contributed by atoms with Gasteiger partial charge in [-0.25, -0.2) is 9.37 Å². The first-order chi connectivity index (χ1) is 12.9. The summed E-state index contributed by atoms with van der Waals surface area (Å²) in [6, 6.07) is 13.0. The smallest absolute Gasteiger partial charge is 0.237 e. The van der Waals surface area contributed by atoms with E-state index >= 15 is 0 Å². The van der Waals surface area contributed by atoms with Crippen LogP contribution in [0.15, 0.2) is 66.1 Å². The third kappa shape index (κ3) is 4.62. The summed E-state index contributed by atoms with van der Waals surface area (Å²) in [6.07, 6.45) is 3.33. The molecule has 138 valence electrons. The summed E-state index contributed by atoms with van der Waals surface area (Å²) in [5.41, 5.74) is 1.74. The zero-order chi connectivity index (χ0) is 19.4. The molecular formula is C20H18FN3O2S. The second-order valence-corrected chi connectivity index (χ2v) is 7.25. The highest BCUT2D eigenvalue weighted by Crippen LogP contribution is 2.26. The van der Waals surface area contributed by atoms with E-state index in [0.717, 1.165) is 0 Å². The lowest BCUT2D eigenvalue weighted by Gasteiger charge is -2.13. The van der Waals surface area contributed by atoms with Crippen molar-refractivity contribution in [2.45, 2.75) is 24.3 Å². The number of Topliss-reactive ketones (excluding diaryl/α,β-unsaturated/α-hetero) is 1. The normalized spacial score (nSPS) is 11.8. The molecule has 5 nitrogen and oxygen atoms in total. The number of carbonyl (C=O) groups is 2. The average molecular weight is 383 g/mol. The van der Waals surface area contributed by atoms with Crippen molar-refractivity contribution in [3.63, 3.8) is 0 Å². The summed E-state index contributed by atoms with van der Waals surface area (Å²) in [7, 11) is 0. The van der Waals surface area contributed by atoms with Gasteiger partial charge in [0.25, 0.3) is 0 Å². The highest BCUT2D eigenvalue weighted by atomic mass is 32.2. The number of aromatic nitrogens is 2. The third-order valence-corrected chi connectivity index (χ3v) is 4.96. The van der Waals surface area contributed by atoms with Gasteiger partial charge < -0.3 is 5.32 Å². The Bertz CT molecular complexity index is 987. The van der Waals surface area contributed by atoms with Crippen LogP contribution in [0.3, 0.4) is 0 Å². The molecule has 0 saturated heterocycles. The fraction of sp³-hybridized carbons (Fsp3) is 0.150. The Hall–Kier alpha value is -2.93. The Labute approximate surface area is 160 Å². The molecule has 0 bridgehead atoms. The first-order valence-electron chi connectivity index (χ1n) is 8.32. The molecule has 1 N–H and O–H groups in total. The Morgan fingerprint density at radius 2 is 1.96 bits per heavy atom. The zero-order valence-electron chi connectivity index (χ0n) is 14.8. The number of anilines is 1. The summed E-state index contributed by atoms with van der Waals surface area (Å²) in [5.74, 6) is -0.617. The van der Waals surface area contributed by atoms with Gasteiger partial charge in [-0.05, 0) is 44.2 Å². The number of amides is 1. The van der Waals surface area contributed by atoms with Gasteiger partial charge in [0.05, 0.1) is 10.9 Å². The molecule has 0 spiro atoms. The summed E-state index contributed by atoms with van der Waals surface area (Å²) >= 11 is 1.27. The Morgan fingerprint density at radius 1 is 1.19 bits per heavy atom.